The molecule has 0 bridgehead atoms. The maximum atomic E-state index is 11.5. The van der Waals surface area contributed by atoms with Gasteiger partial charge < -0.3 is 0 Å². The smallest absolute Gasteiger partial charge is 0.211 e. The first-order valence-corrected chi connectivity index (χ1v) is 7.31. The monoisotopic (exact) mass is 258 g/mol. The summed E-state index contributed by atoms with van der Waals surface area (Å²) in [5, 5.41) is 7.53. The maximum Gasteiger partial charge on any atom is 0.228 e. The first kappa shape index (κ1) is 13.2. The molecule has 0 saturated heterocycles. The van der Waals surface area contributed by atoms with E-state index in [9.17, 15) is 8.42 Å². The molecule has 16 heavy (non-hydrogen) atoms. The van der Waals surface area contributed by atoms with Gasteiger partial charge in [0.25, 0.3) is 0 Å². The number of nitrogens with one attached hydrogen (secondary N) is 1. The Morgan fingerprint density at radius 1 is 1.50 bits per heavy atom. The summed E-state index contributed by atoms with van der Waals surface area (Å²) in [4.78, 5) is 2.19. The number of aryl methyl sites for hydroxylation is 1. The van der Waals surface area contributed by atoms with E-state index in [0.717, 1.165) is 11.3 Å². The number of nitriles is 1. The van der Waals surface area contributed by atoms with Crippen LogP contribution in [0.15, 0.2) is 12.1 Å². The molecule has 1 unspecified atom stereocenters. The van der Waals surface area contributed by atoms with E-state index >= 15 is 0 Å². The molecule has 0 saturated carbocycles. The highest BCUT2D eigenvalue weighted by Crippen LogP contribution is 2.16. The van der Waals surface area contributed by atoms with Gasteiger partial charge in [-0.2, -0.15) is 5.26 Å². The van der Waals surface area contributed by atoms with Crippen LogP contribution < -0.4 is 4.72 Å². The second-order valence-corrected chi connectivity index (χ2v) is 6.70. The van der Waals surface area contributed by atoms with Gasteiger partial charge in [0.15, 0.2) is 5.25 Å². The third-order valence-electron chi connectivity index (χ3n) is 2.16. The number of rotatable bonds is 5. The van der Waals surface area contributed by atoms with Crippen molar-refractivity contribution in [3.63, 3.8) is 0 Å². The predicted molar refractivity (Wildman–Crippen MR) is 64.5 cm³/mol. The van der Waals surface area contributed by atoms with Crippen molar-refractivity contribution in [2.45, 2.75) is 32.1 Å². The molecule has 0 aliphatic rings. The van der Waals surface area contributed by atoms with Crippen molar-refractivity contribution in [1.29, 1.82) is 5.26 Å². The molecule has 1 N–H and O–H groups in total. The summed E-state index contributed by atoms with van der Waals surface area (Å²) < 4.78 is 25.4. The summed E-state index contributed by atoms with van der Waals surface area (Å²) in [5.41, 5.74) is 0. The van der Waals surface area contributed by atoms with E-state index in [4.69, 9.17) is 5.26 Å². The van der Waals surface area contributed by atoms with Crippen LogP contribution in [0, 0.1) is 11.3 Å². The summed E-state index contributed by atoms with van der Waals surface area (Å²) in [7, 11) is -3.51. The van der Waals surface area contributed by atoms with Crippen molar-refractivity contribution in [3.8, 4) is 6.07 Å². The van der Waals surface area contributed by atoms with Gasteiger partial charge in [-0.15, -0.1) is 11.3 Å². The molecule has 1 heterocycles. The van der Waals surface area contributed by atoms with Crippen LogP contribution in [-0.4, -0.2) is 13.7 Å². The Hall–Kier alpha value is -0.900. The molecule has 0 radical (unpaired) electrons. The van der Waals surface area contributed by atoms with Crippen LogP contribution in [-0.2, 0) is 23.0 Å². The minimum Gasteiger partial charge on any atom is -0.211 e. The summed E-state index contributed by atoms with van der Waals surface area (Å²) in [6, 6.07) is 5.60. The molecule has 0 spiro atoms. The molecule has 1 atom stereocenters. The third-order valence-corrected chi connectivity index (χ3v) is 4.97. The summed E-state index contributed by atoms with van der Waals surface area (Å²) in [5.74, 6) is 0. The van der Waals surface area contributed by atoms with Crippen LogP contribution >= 0.6 is 11.3 Å². The summed E-state index contributed by atoms with van der Waals surface area (Å²) in [6.07, 6.45) is 0.950. The Morgan fingerprint density at radius 3 is 2.62 bits per heavy atom. The lowest BCUT2D eigenvalue weighted by Gasteiger charge is -2.06. The second kappa shape index (κ2) is 5.43. The maximum absolute atomic E-state index is 11.5. The average molecular weight is 258 g/mol. The standard InChI is InChI=1S/C10H14N2O2S2/c1-3-9-4-5-10(15-9)7-12-16(13,14)8(2)6-11/h4-5,8,12H,3,7H2,1-2H3. The third kappa shape index (κ3) is 3.30. The Labute approximate surface area is 100.0 Å². The normalized spacial score (nSPS) is 13.3. The number of sulfonamides is 1. The van der Waals surface area contributed by atoms with E-state index < -0.39 is 15.3 Å². The van der Waals surface area contributed by atoms with Crippen molar-refractivity contribution < 1.29 is 8.42 Å². The molecular weight excluding hydrogens is 244 g/mol. The lowest BCUT2D eigenvalue weighted by Crippen LogP contribution is -2.30. The van der Waals surface area contributed by atoms with Gasteiger partial charge in [-0.25, -0.2) is 13.1 Å². The van der Waals surface area contributed by atoms with Crippen LogP contribution in [0.1, 0.15) is 23.6 Å². The van der Waals surface area contributed by atoms with Crippen LogP contribution in [0.3, 0.4) is 0 Å². The van der Waals surface area contributed by atoms with E-state index in [1.54, 1.807) is 17.4 Å². The Morgan fingerprint density at radius 2 is 2.12 bits per heavy atom. The molecule has 6 heteroatoms. The predicted octanol–water partition coefficient (Wildman–Crippen LogP) is 1.64. The molecule has 4 nitrogen and oxygen atoms in total. The summed E-state index contributed by atoms with van der Waals surface area (Å²) in [6.45, 7) is 3.69. The van der Waals surface area contributed by atoms with Gasteiger partial charge in [-0.05, 0) is 25.5 Å². The molecule has 0 fully saturated rings. The van der Waals surface area contributed by atoms with Crippen molar-refractivity contribution in [2.24, 2.45) is 0 Å². The van der Waals surface area contributed by atoms with Gasteiger partial charge >= 0.3 is 0 Å². The number of thiophene rings is 1. The first-order valence-electron chi connectivity index (χ1n) is 4.95. The topological polar surface area (TPSA) is 70.0 Å². The zero-order valence-electron chi connectivity index (χ0n) is 9.23. The Bertz CT molecular complexity index is 485. The van der Waals surface area contributed by atoms with E-state index in [2.05, 4.69) is 11.6 Å². The quantitative estimate of drug-likeness (QED) is 0.873. The van der Waals surface area contributed by atoms with Crippen LogP contribution in [0.5, 0.6) is 0 Å². The molecule has 1 rings (SSSR count). The zero-order chi connectivity index (χ0) is 12.2. The van der Waals surface area contributed by atoms with E-state index in [1.165, 1.54) is 11.8 Å². The second-order valence-electron chi connectivity index (χ2n) is 3.36. The molecule has 88 valence electrons. The van der Waals surface area contributed by atoms with Gasteiger partial charge in [0, 0.05) is 16.3 Å². The molecule has 1 aromatic rings. The minimum absolute atomic E-state index is 0.263. The highest BCUT2D eigenvalue weighted by molar-refractivity contribution is 7.90. The SMILES string of the molecule is CCc1ccc(CNS(=O)(=O)C(C)C#N)s1. The molecule has 0 aliphatic carbocycles. The van der Waals surface area contributed by atoms with Crippen molar-refractivity contribution in [3.05, 3.63) is 21.9 Å². The van der Waals surface area contributed by atoms with E-state index in [-0.39, 0.29) is 6.54 Å². The highest BCUT2D eigenvalue weighted by Gasteiger charge is 2.19. The lowest BCUT2D eigenvalue weighted by atomic mass is 10.4. The minimum atomic E-state index is -3.51. The number of hydrogen-bond donors (Lipinski definition) is 1. The van der Waals surface area contributed by atoms with Gasteiger partial charge in [-0.1, -0.05) is 6.92 Å². The molecular formula is C10H14N2O2S2. The molecule has 0 aliphatic heterocycles. The van der Waals surface area contributed by atoms with Crippen molar-refractivity contribution in [2.75, 3.05) is 0 Å². The van der Waals surface area contributed by atoms with Crippen LogP contribution in [0.4, 0.5) is 0 Å². The van der Waals surface area contributed by atoms with Gasteiger partial charge in [0.2, 0.25) is 10.0 Å². The number of hydrogen-bond acceptors (Lipinski definition) is 4. The molecule has 1 aromatic heterocycles. The fourth-order valence-corrected chi connectivity index (χ4v) is 2.81. The molecule has 0 aromatic carbocycles. The van der Waals surface area contributed by atoms with Crippen molar-refractivity contribution >= 4 is 21.4 Å². The first-order chi connectivity index (χ1) is 7.49. The molecule has 0 amide bonds. The Kier molecular flexibility index (Phi) is 4.47. The Balaban J connectivity index is 2.62. The number of nitrogens with zero attached hydrogens (tertiary/aromatic N) is 1. The van der Waals surface area contributed by atoms with E-state index in [0.29, 0.717) is 0 Å². The fourth-order valence-electron chi connectivity index (χ4n) is 1.07. The lowest BCUT2D eigenvalue weighted by molar-refractivity contribution is 0.577. The van der Waals surface area contributed by atoms with E-state index in [1.807, 2.05) is 12.1 Å². The van der Waals surface area contributed by atoms with Gasteiger partial charge in [0.1, 0.15) is 0 Å². The fraction of sp³-hybridized carbons (Fsp3) is 0.500. The van der Waals surface area contributed by atoms with Crippen molar-refractivity contribution in [1.82, 2.24) is 4.72 Å². The van der Waals surface area contributed by atoms with Crippen LogP contribution in [0.25, 0.3) is 0 Å². The zero-order valence-corrected chi connectivity index (χ0v) is 10.9. The highest BCUT2D eigenvalue weighted by atomic mass is 32.2. The van der Waals surface area contributed by atoms with Gasteiger partial charge in [-0.3, -0.25) is 0 Å². The van der Waals surface area contributed by atoms with Crippen LogP contribution in [0.2, 0.25) is 0 Å². The largest absolute Gasteiger partial charge is 0.228 e. The van der Waals surface area contributed by atoms with Gasteiger partial charge in [0.05, 0.1) is 6.07 Å². The summed E-state index contributed by atoms with van der Waals surface area (Å²) >= 11 is 1.58. The average Bonchev–Trinajstić information content (AvgIpc) is 2.73.